The fourth-order valence-electron chi connectivity index (χ4n) is 5.53. The summed E-state index contributed by atoms with van der Waals surface area (Å²) in [6, 6.07) is 22.0. The van der Waals surface area contributed by atoms with Crippen LogP contribution in [0.25, 0.3) is 0 Å². The van der Waals surface area contributed by atoms with E-state index in [2.05, 4.69) is 139 Å². The van der Waals surface area contributed by atoms with Crippen molar-refractivity contribution >= 4 is 74.7 Å². The van der Waals surface area contributed by atoms with Crippen molar-refractivity contribution in [1.82, 2.24) is 20.4 Å². The molecule has 0 aliphatic carbocycles. The van der Waals surface area contributed by atoms with E-state index in [-0.39, 0.29) is 57.2 Å². The van der Waals surface area contributed by atoms with E-state index >= 15 is 0 Å². The zero-order valence-corrected chi connectivity index (χ0v) is 33.9. The van der Waals surface area contributed by atoms with Crippen molar-refractivity contribution in [2.24, 2.45) is 11.8 Å². The number of rotatable bonds is 6. The van der Waals surface area contributed by atoms with Gasteiger partial charge in [0, 0.05) is 51.5 Å². The molecule has 0 radical (unpaired) electrons. The molecule has 0 bridgehead atoms. The smallest absolute Gasteiger partial charge is 1.00 e. The van der Waals surface area contributed by atoms with Gasteiger partial charge in [-0.05, 0) is 68.8 Å². The second-order valence-corrected chi connectivity index (χ2v) is 33.2. The first-order chi connectivity index (χ1) is 21.2. The molecule has 5 rings (SSSR count). The molecular formula is C34H62AlI2LiN4O3S2. The van der Waals surface area contributed by atoms with Crippen molar-refractivity contribution in [2.45, 2.75) is 72.1 Å². The Morgan fingerprint density at radius 1 is 0.915 bits per heavy atom. The first-order valence-electron chi connectivity index (χ1n) is 15.6. The van der Waals surface area contributed by atoms with Gasteiger partial charge >= 0.3 is 76.2 Å². The summed E-state index contributed by atoms with van der Waals surface area (Å²) in [5.74, 6) is 1.29. The molecule has 1 amide bonds. The molecule has 3 fully saturated rings. The minimum Gasteiger partial charge on any atom is -1.00 e. The Morgan fingerprint density at radius 3 is 1.68 bits per heavy atom. The Balaban J connectivity index is -0.000000632. The fraction of sp³-hybridized carbons (Fsp3) is 0.618. The van der Waals surface area contributed by atoms with Crippen LogP contribution in [0.5, 0.6) is 0 Å². The van der Waals surface area contributed by atoms with Crippen molar-refractivity contribution < 1.29 is 34.6 Å². The summed E-state index contributed by atoms with van der Waals surface area (Å²) in [4.78, 5) is 16.3. The van der Waals surface area contributed by atoms with Crippen LogP contribution in [-0.4, -0.2) is 98.9 Å². The van der Waals surface area contributed by atoms with Gasteiger partial charge in [-0.3, -0.25) is 9.80 Å². The van der Waals surface area contributed by atoms with E-state index in [1.54, 1.807) is 0 Å². The van der Waals surface area contributed by atoms with Gasteiger partial charge < -0.3 is 21.5 Å². The van der Waals surface area contributed by atoms with Crippen LogP contribution in [0.2, 0.25) is 0 Å². The van der Waals surface area contributed by atoms with Crippen molar-refractivity contribution in [3.63, 3.8) is 0 Å². The first-order valence-corrected chi connectivity index (χ1v) is 28.3. The topological polar surface area (TPSA) is 66.1 Å². The predicted octanol–water partition coefficient (Wildman–Crippen LogP) is 4.27. The normalized spacial score (nSPS) is 22.3. The molecule has 2 N–H and O–H groups in total. The Morgan fingerprint density at radius 2 is 1.32 bits per heavy atom. The molecule has 2 aromatic carbocycles. The van der Waals surface area contributed by atoms with Crippen LogP contribution in [0, 0.1) is 11.8 Å². The zero-order valence-electron chi connectivity index (χ0n) is 28.8. The van der Waals surface area contributed by atoms with Gasteiger partial charge in [-0.2, -0.15) is 0 Å². The Bertz CT molecular complexity index is 1020. The quantitative estimate of drug-likeness (QED) is 0.198. The number of ether oxygens (including phenoxy) is 2. The first kappa shape index (κ1) is 49.9. The summed E-state index contributed by atoms with van der Waals surface area (Å²) in [5, 5.41) is 6.36. The standard InChI is InChI=1S/C15H22N2O2.C14H22N2.C4H8O.CH4.Al.H2I2S2.Li.4H/c1-12-8-9-17(10-13-6-4-3-5-7-13)11-14(12)16-15(18)19-2;1-12-8-9-16(11-14(12)15-2)10-13-6-4-3-5-7-13;1-2-4-5-3-1;;;1-2(3)4;;;;;/h3-7,12,14H,8-11H2,1-2H3,(H,16,18);3-7,12,14-15H,8-11H2,1-2H3;1-4H2;1H4;;3-4H;;;;;/q;;;;;;+1;;;;-1/t2*12-,14+;;;;;;;;;/m00........./s1. The number of hydrogen-bond donors (Lipinski definition) is 4. The number of hydrogen-bond acceptors (Lipinski definition) is 8. The minimum absolute atomic E-state index is 0. The van der Waals surface area contributed by atoms with Crippen LogP contribution in [0.4, 0.5) is 4.79 Å². The maximum absolute atomic E-state index is 11.3. The number of nitrogens with one attached hydrogen (secondary N) is 2. The molecule has 13 heteroatoms. The maximum Gasteiger partial charge on any atom is 1.00 e. The Hall–Kier alpha value is 0.840. The molecular weight excluding hydrogens is 864 g/mol. The summed E-state index contributed by atoms with van der Waals surface area (Å²) in [6.07, 6.45) is 4.62. The molecule has 0 saturated carbocycles. The van der Waals surface area contributed by atoms with Crippen LogP contribution >= 0.6 is 51.3 Å². The number of likely N-dealkylation sites (N-methyl/N-ethyl adjacent to an activating group) is 1. The van der Waals surface area contributed by atoms with Crippen LogP contribution in [0.3, 0.4) is 0 Å². The molecule has 4 atom stereocenters. The number of carbonyl (C=O) groups excluding carboxylic acids is 1. The molecule has 7 nitrogen and oxygen atoms in total. The third-order valence-electron chi connectivity index (χ3n) is 8.27. The second-order valence-electron chi connectivity index (χ2n) is 11.6. The monoisotopic (exact) mass is 926 g/mol. The van der Waals surface area contributed by atoms with E-state index in [0.717, 1.165) is 51.7 Å². The van der Waals surface area contributed by atoms with Gasteiger partial charge in [-0.25, -0.2) is 4.79 Å². The van der Waals surface area contributed by atoms with Crippen LogP contribution in [0.1, 0.15) is 59.5 Å². The number of nitrogens with zero attached hydrogens (tertiary/aromatic N) is 2. The van der Waals surface area contributed by atoms with Crippen molar-refractivity contribution in [2.75, 3.05) is 53.6 Å². The van der Waals surface area contributed by atoms with Crippen LogP contribution in [0.15, 0.2) is 60.7 Å². The van der Waals surface area contributed by atoms with E-state index in [1.165, 1.54) is 50.6 Å². The largest absolute Gasteiger partial charge is 1.00 e. The molecule has 0 unspecified atom stereocenters. The molecule has 0 aromatic heterocycles. The number of methoxy groups -OCH3 is 1. The number of carbonyl (C=O) groups is 1. The average molecular weight is 927 g/mol. The number of alkyl carbamates (subject to hydrolysis) is 1. The van der Waals surface area contributed by atoms with Gasteiger partial charge in [0.05, 0.1) is 7.11 Å². The van der Waals surface area contributed by atoms with Crippen molar-refractivity contribution in [3.05, 3.63) is 71.8 Å². The van der Waals surface area contributed by atoms with Crippen LogP contribution in [-0.2, 0) is 22.6 Å². The third-order valence-corrected chi connectivity index (χ3v) is 8.27. The number of likely N-dealkylation sites (tertiary alicyclic amines) is 2. The fourth-order valence-corrected chi connectivity index (χ4v) is 5.53. The van der Waals surface area contributed by atoms with E-state index in [4.69, 9.17) is 4.74 Å². The SMILES string of the molecule is C.C1CCOC1.CN[C@@H]1CN(Cc2ccccc2)CC[C@@H]1C.COC(=O)N[C@@H]1CN(Cc2ccccc2)CC[C@@H]1C.SI(S)I.[AlH3].[H-].[Li+]. The summed E-state index contributed by atoms with van der Waals surface area (Å²) in [5.41, 5.74) is 2.74. The molecule has 0 spiro atoms. The molecule has 266 valence electrons. The van der Waals surface area contributed by atoms with E-state index in [0.29, 0.717) is 12.0 Å². The van der Waals surface area contributed by atoms with E-state index < -0.39 is 13.1 Å². The van der Waals surface area contributed by atoms with Crippen molar-refractivity contribution in [1.29, 1.82) is 0 Å². The maximum atomic E-state index is 11.3. The molecule has 3 saturated heterocycles. The summed E-state index contributed by atoms with van der Waals surface area (Å²) < 4.78 is 9.63. The van der Waals surface area contributed by atoms with Gasteiger partial charge in [0.25, 0.3) is 0 Å². The Kier molecular flexibility index (Phi) is 32.4. The van der Waals surface area contributed by atoms with E-state index in [9.17, 15) is 4.79 Å². The summed E-state index contributed by atoms with van der Waals surface area (Å²) in [7, 11) is 11.4. The Labute approximate surface area is 335 Å². The van der Waals surface area contributed by atoms with Gasteiger partial charge in [0.15, 0.2) is 17.4 Å². The summed E-state index contributed by atoms with van der Waals surface area (Å²) in [6.45, 7) is 12.9. The van der Waals surface area contributed by atoms with Crippen molar-refractivity contribution in [3.8, 4) is 0 Å². The number of piperidine rings is 2. The number of amides is 1. The summed E-state index contributed by atoms with van der Waals surface area (Å²) >= 11 is 1.32. The van der Waals surface area contributed by atoms with Gasteiger partial charge in [0.1, 0.15) is 0 Å². The molecule has 2 aromatic rings. The zero-order chi connectivity index (χ0) is 32.2. The molecule has 3 aliphatic heterocycles. The molecule has 47 heavy (non-hydrogen) atoms. The van der Waals surface area contributed by atoms with Gasteiger partial charge in [0.2, 0.25) is 0 Å². The third kappa shape index (κ3) is 23.1. The second kappa shape index (κ2) is 30.5. The predicted molar refractivity (Wildman–Crippen MR) is 227 cm³/mol. The van der Waals surface area contributed by atoms with Gasteiger partial charge in [-0.1, -0.05) is 81.9 Å². The van der Waals surface area contributed by atoms with Crippen LogP contribution < -0.4 is 29.5 Å². The molecule has 3 heterocycles. The number of benzene rings is 2. The number of halogens is 2. The number of thiol groups is 2. The molecule has 3 aliphatic rings. The van der Waals surface area contributed by atoms with E-state index in [1.807, 2.05) is 6.07 Å². The minimum atomic E-state index is -0.904. The average Bonchev–Trinajstić information content (AvgIpc) is 3.62. The van der Waals surface area contributed by atoms with Gasteiger partial charge in [-0.15, -0.1) is 0 Å².